The predicted molar refractivity (Wildman–Crippen MR) is 81.2 cm³/mol. The molecule has 2 heteroatoms. The van der Waals surface area contributed by atoms with Crippen LogP contribution in [-0.4, -0.2) is 37.1 Å². The maximum absolute atomic E-state index is 4.12. The maximum atomic E-state index is 4.12. The van der Waals surface area contributed by atoms with Crippen LogP contribution in [0.3, 0.4) is 0 Å². The molecule has 0 radical (unpaired) electrons. The highest BCUT2D eigenvalue weighted by atomic mass is 15.1. The van der Waals surface area contributed by atoms with Crippen molar-refractivity contribution in [3.63, 3.8) is 0 Å². The fourth-order valence-electron chi connectivity index (χ4n) is 5.53. The summed E-state index contributed by atoms with van der Waals surface area (Å²) in [5.41, 5.74) is 1.06. The van der Waals surface area contributed by atoms with Crippen LogP contribution in [0.15, 0.2) is 0 Å². The van der Waals surface area contributed by atoms with Crippen molar-refractivity contribution in [2.24, 2.45) is 22.7 Å². The minimum Gasteiger partial charge on any atom is -0.310 e. The lowest BCUT2D eigenvalue weighted by atomic mass is 9.68. The summed E-state index contributed by atoms with van der Waals surface area (Å²) >= 11 is 0. The Morgan fingerprint density at radius 1 is 1.16 bits per heavy atom. The Labute approximate surface area is 119 Å². The molecule has 0 aromatic rings. The molecule has 0 spiro atoms. The number of nitrogens with one attached hydrogen (secondary N) is 1. The van der Waals surface area contributed by atoms with E-state index in [0.717, 1.165) is 23.9 Å². The van der Waals surface area contributed by atoms with E-state index in [9.17, 15) is 0 Å². The molecule has 19 heavy (non-hydrogen) atoms. The van der Waals surface area contributed by atoms with E-state index in [2.05, 4.69) is 45.0 Å². The standard InChI is InChI=1S/C17H32N2/c1-12-11-19(5)9-7-14(12)18-15-16(2,3)13-6-8-17(15,4)10-13/h12-15,18H,6-11H2,1-5H3/t12?,13-,14?,15?,17+/m0/s1. The second kappa shape index (κ2) is 4.46. The first-order chi connectivity index (χ1) is 8.83. The molecule has 0 aromatic carbocycles. The number of likely N-dealkylation sites (tertiary alicyclic amines) is 1. The van der Waals surface area contributed by atoms with Crippen molar-refractivity contribution in [2.75, 3.05) is 20.1 Å². The quantitative estimate of drug-likeness (QED) is 0.824. The lowest BCUT2D eigenvalue weighted by molar-refractivity contribution is 0.0716. The Balaban J connectivity index is 1.72. The molecule has 1 heterocycles. The zero-order valence-electron chi connectivity index (χ0n) is 13.5. The van der Waals surface area contributed by atoms with Crippen LogP contribution in [0.5, 0.6) is 0 Å². The summed E-state index contributed by atoms with van der Waals surface area (Å²) < 4.78 is 0. The van der Waals surface area contributed by atoms with Gasteiger partial charge in [0.05, 0.1) is 0 Å². The SMILES string of the molecule is CC1CN(C)CCC1NC1C(C)(C)[C@H]2CC[C@]1(C)C2. The molecule has 1 saturated heterocycles. The van der Waals surface area contributed by atoms with Gasteiger partial charge in [0.25, 0.3) is 0 Å². The van der Waals surface area contributed by atoms with Gasteiger partial charge in [-0.2, -0.15) is 0 Å². The summed E-state index contributed by atoms with van der Waals surface area (Å²) in [5, 5.41) is 4.12. The molecular weight excluding hydrogens is 232 g/mol. The summed E-state index contributed by atoms with van der Waals surface area (Å²) in [5.74, 6) is 1.74. The van der Waals surface area contributed by atoms with Crippen molar-refractivity contribution >= 4 is 0 Å². The second-order valence-electron chi connectivity index (χ2n) is 8.65. The molecule has 3 unspecified atom stereocenters. The van der Waals surface area contributed by atoms with Crippen molar-refractivity contribution in [3.05, 3.63) is 0 Å². The van der Waals surface area contributed by atoms with Gasteiger partial charge >= 0.3 is 0 Å². The molecule has 110 valence electrons. The minimum absolute atomic E-state index is 0.496. The van der Waals surface area contributed by atoms with Crippen molar-refractivity contribution in [1.29, 1.82) is 0 Å². The van der Waals surface area contributed by atoms with Crippen LogP contribution < -0.4 is 5.32 Å². The summed E-state index contributed by atoms with van der Waals surface area (Å²) in [7, 11) is 2.26. The Bertz CT molecular complexity index is 346. The van der Waals surface area contributed by atoms with Crippen LogP contribution in [0.2, 0.25) is 0 Å². The fraction of sp³-hybridized carbons (Fsp3) is 1.00. The maximum Gasteiger partial charge on any atom is 0.0177 e. The number of nitrogens with zero attached hydrogens (tertiary/aromatic N) is 1. The Morgan fingerprint density at radius 3 is 2.47 bits per heavy atom. The monoisotopic (exact) mass is 264 g/mol. The molecule has 2 nitrogen and oxygen atoms in total. The molecule has 2 aliphatic carbocycles. The van der Waals surface area contributed by atoms with Gasteiger partial charge in [-0.1, -0.05) is 27.7 Å². The van der Waals surface area contributed by atoms with E-state index in [4.69, 9.17) is 0 Å². The van der Waals surface area contributed by atoms with Crippen molar-refractivity contribution < 1.29 is 0 Å². The van der Waals surface area contributed by atoms with Crippen LogP contribution >= 0.6 is 0 Å². The molecule has 2 bridgehead atoms. The molecule has 1 aliphatic heterocycles. The second-order valence-corrected chi connectivity index (χ2v) is 8.65. The molecular formula is C17H32N2. The van der Waals surface area contributed by atoms with Gasteiger partial charge in [-0.05, 0) is 61.9 Å². The molecule has 3 aliphatic rings. The van der Waals surface area contributed by atoms with Crippen LogP contribution in [0.25, 0.3) is 0 Å². The van der Waals surface area contributed by atoms with Crippen LogP contribution in [0.4, 0.5) is 0 Å². The molecule has 3 fully saturated rings. The number of rotatable bonds is 2. The van der Waals surface area contributed by atoms with E-state index >= 15 is 0 Å². The van der Waals surface area contributed by atoms with Gasteiger partial charge in [0.15, 0.2) is 0 Å². The van der Waals surface area contributed by atoms with Crippen molar-refractivity contribution in [3.8, 4) is 0 Å². The number of hydrogen-bond acceptors (Lipinski definition) is 2. The van der Waals surface area contributed by atoms with Crippen molar-refractivity contribution in [2.45, 2.75) is 65.5 Å². The number of fused-ring (bicyclic) bond motifs is 2. The minimum atomic E-state index is 0.496. The van der Waals surface area contributed by atoms with E-state index in [1.54, 1.807) is 0 Å². The van der Waals surface area contributed by atoms with E-state index in [1.165, 1.54) is 38.8 Å². The van der Waals surface area contributed by atoms with Crippen molar-refractivity contribution in [1.82, 2.24) is 10.2 Å². The summed E-state index contributed by atoms with van der Waals surface area (Å²) in [4.78, 5) is 2.48. The van der Waals surface area contributed by atoms with E-state index in [0.29, 0.717) is 10.8 Å². The van der Waals surface area contributed by atoms with Gasteiger partial charge in [0, 0.05) is 18.6 Å². The molecule has 3 rings (SSSR count). The van der Waals surface area contributed by atoms with Gasteiger partial charge in [-0.25, -0.2) is 0 Å². The van der Waals surface area contributed by atoms with Gasteiger partial charge in [0.1, 0.15) is 0 Å². The van der Waals surface area contributed by atoms with E-state index < -0.39 is 0 Å². The van der Waals surface area contributed by atoms with Crippen LogP contribution in [0, 0.1) is 22.7 Å². The van der Waals surface area contributed by atoms with Gasteiger partial charge in [0.2, 0.25) is 0 Å². The average Bonchev–Trinajstić information content (AvgIpc) is 2.78. The zero-order chi connectivity index (χ0) is 13.8. The Hall–Kier alpha value is -0.0800. The summed E-state index contributed by atoms with van der Waals surface area (Å²) in [6.45, 7) is 12.5. The van der Waals surface area contributed by atoms with E-state index in [1.807, 2.05) is 0 Å². The van der Waals surface area contributed by atoms with Gasteiger partial charge in [-0.3, -0.25) is 0 Å². The summed E-state index contributed by atoms with van der Waals surface area (Å²) in [6.07, 6.45) is 5.69. The first-order valence-electron chi connectivity index (χ1n) is 8.27. The van der Waals surface area contributed by atoms with Gasteiger partial charge < -0.3 is 10.2 Å². The third-order valence-corrected chi connectivity index (χ3v) is 6.76. The normalized spacial score (nSPS) is 49.7. The smallest absolute Gasteiger partial charge is 0.0177 e. The Kier molecular flexibility index (Phi) is 3.26. The average molecular weight is 264 g/mol. The lowest BCUT2D eigenvalue weighted by Crippen LogP contribution is -2.58. The molecule has 0 aromatic heterocycles. The zero-order valence-corrected chi connectivity index (χ0v) is 13.5. The first kappa shape index (κ1) is 13.9. The molecule has 0 amide bonds. The Morgan fingerprint density at radius 2 is 1.89 bits per heavy atom. The van der Waals surface area contributed by atoms with Crippen LogP contribution in [0.1, 0.15) is 53.4 Å². The lowest BCUT2D eigenvalue weighted by Gasteiger charge is -2.47. The largest absolute Gasteiger partial charge is 0.310 e. The van der Waals surface area contributed by atoms with E-state index in [-0.39, 0.29) is 0 Å². The van der Waals surface area contributed by atoms with Crippen LogP contribution in [-0.2, 0) is 0 Å². The molecule has 5 atom stereocenters. The predicted octanol–water partition coefficient (Wildman–Crippen LogP) is 3.13. The molecule has 2 saturated carbocycles. The third-order valence-electron chi connectivity index (χ3n) is 6.76. The summed E-state index contributed by atoms with van der Waals surface area (Å²) in [6, 6.07) is 1.46. The highest BCUT2D eigenvalue weighted by Gasteiger charge is 2.59. The molecule has 1 N–H and O–H groups in total. The topological polar surface area (TPSA) is 15.3 Å². The fourth-order valence-corrected chi connectivity index (χ4v) is 5.53. The van der Waals surface area contributed by atoms with Gasteiger partial charge in [-0.15, -0.1) is 0 Å². The highest BCUT2D eigenvalue weighted by molar-refractivity contribution is 5.12. The number of piperidine rings is 1. The first-order valence-corrected chi connectivity index (χ1v) is 8.27. The third kappa shape index (κ3) is 2.15. The highest BCUT2D eigenvalue weighted by Crippen LogP contribution is 2.62. The number of hydrogen-bond donors (Lipinski definition) is 1.